The van der Waals surface area contributed by atoms with E-state index in [1.165, 1.54) is 0 Å². The van der Waals surface area contributed by atoms with Gasteiger partial charge in [0.05, 0.1) is 17.8 Å². The van der Waals surface area contributed by atoms with E-state index in [9.17, 15) is 4.79 Å². The quantitative estimate of drug-likeness (QED) is 0.755. The highest BCUT2D eigenvalue weighted by atomic mass is 79.9. The van der Waals surface area contributed by atoms with Crippen molar-refractivity contribution in [1.29, 1.82) is 0 Å². The lowest BCUT2D eigenvalue weighted by Gasteiger charge is -2.32. The Morgan fingerprint density at radius 1 is 1.22 bits per heavy atom. The molecule has 0 aliphatic carbocycles. The van der Waals surface area contributed by atoms with Gasteiger partial charge in [0, 0.05) is 22.0 Å². The maximum absolute atomic E-state index is 12.5. The highest BCUT2D eigenvalue weighted by Crippen LogP contribution is 2.29. The molecule has 1 amide bonds. The third-order valence-electron chi connectivity index (χ3n) is 3.49. The molecule has 0 N–H and O–H groups in total. The van der Waals surface area contributed by atoms with E-state index in [1.54, 1.807) is 0 Å². The second kappa shape index (κ2) is 4.94. The van der Waals surface area contributed by atoms with Crippen LogP contribution in [0.25, 0.3) is 0 Å². The van der Waals surface area contributed by atoms with Crippen molar-refractivity contribution >= 4 is 37.8 Å². The lowest BCUT2D eigenvalue weighted by atomic mass is 10.2. The Balaban J connectivity index is 1.84. The lowest BCUT2D eigenvalue weighted by molar-refractivity contribution is -0.0303. The Bertz CT molecular complexity index is 480. The molecule has 5 heteroatoms. The molecule has 0 radical (unpaired) electrons. The van der Waals surface area contributed by atoms with Gasteiger partial charge in [-0.25, -0.2) is 0 Å². The van der Waals surface area contributed by atoms with Crippen LogP contribution in [-0.2, 0) is 4.74 Å². The highest BCUT2D eigenvalue weighted by Gasteiger charge is 2.36. The van der Waals surface area contributed by atoms with Gasteiger partial charge in [-0.2, -0.15) is 0 Å². The van der Waals surface area contributed by atoms with Gasteiger partial charge in [-0.1, -0.05) is 15.9 Å². The van der Waals surface area contributed by atoms with E-state index in [0.717, 1.165) is 21.8 Å². The van der Waals surface area contributed by atoms with Crippen LogP contribution in [0.15, 0.2) is 27.1 Å². The molecule has 2 fully saturated rings. The third-order valence-corrected chi connectivity index (χ3v) is 4.67. The van der Waals surface area contributed by atoms with E-state index in [1.807, 2.05) is 23.1 Å². The molecule has 0 spiro atoms. The van der Waals surface area contributed by atoms with Gasteiger partial charge in [0.25, 0.3) is 5.91 Å². The molecule has 2 saturated heterocycles. The summed E-state index contributed by atoms with van der Waals surface area (Å²) in [6.07, 6.45) is 2.62. The molecule has 96 valence electrons. The van der Waals surface area contributed by atoms with Crippen molar-refractivity contribution in [2.75, 3.05) is 13.1 Å². The molecule has 2 unspecified atom stereocenters. The number of amides is 1. The molecule has 2 bridgehead atoms. The zero-order valence-electron chi connectivity index (χ0n) is 9.73. The SMILES string of the molecule is O=C(c1cc(Br)ccc1Br)N1CC2CCC(C1)O2. The van der Waals surface area contributed by atoms with Crippen molar-refractivity contribution < 1.29 is 9.53 Å². The van der Waals surface area contributed by atoms with Crippen LogP contribution in [0.5, 0.6) is 0 Å². The fourth-order valence-corrected chi connectivity index (χ4v) is 3.39. The number of halogens is 2. The number of morpholine rings is 1. The van der Waals surface area contributed by atoms with Crippen LogP contribution in [0.4, 0.5) is 0 Å². The fourth-order valence-electron chi connectivity index (χ4n) is 2.61. The molecular formula is C13H13Br2NO2. The summed E-state index contributed by atoms with van der Waals surface area (Å²) in [4.78, 5) is 14.4. The summed E-state index contributed by atoms with van der Waals surface area (Å²) >= 11 is 6.85. The van der Waals surface area contributed by atoms with Crippen molar-refractivity contribution in [3.63, 3.8) is 0 Å². The Morgan fingerprint density at radius 3 is 2.56 bits per heavy atom. The molecular weight excluding hydrogens is 362 g/mol. The van der Waals surface area contributed by atoms with E-state index >= 15 is 0 Å². The molecule has 18 heavy (non-hydrogen) atoms. The number of ether oxygens (including phenoxy) is 1. The van der Waals surface area contributed by atoms with Crippen LogP contribution in [-0.4, -0.2) is 36.1 Å². The summed E-state index contributed by atoms with van der Waals surface area (Å²) < 4.78 is 7.52. The standard InChI is InChI=1S/C13H13Br2NO2/c14-8-1-4-12(15)11(5-8)13(17)16-6-9-2-3-10(7-16)18-9/h1,4-5,9-10H,2-3,6-7H2. The number of fused-ring (bicyclic) bond motifs is 2. The van der Waals surface area contributed by atoms with Gasteiger partial charge in [0.15, 0.2) is 0 Å². The largest absolute Gasteiger partial charge is 0.371 e. The minimum Gasteiger partial charge on any atom is -0.371 e. The molecule has 2 heterocycles. The van der Waals surface area contributed by atoms with Crippen molar-refractivity contribution in [2.45, 2.75) is 25.0 Å². The fraction of sp³-hybridized carbons (Fsp3) is 0.462. The molecule has 1 aromatic rings. The summed E-state index contributed by atoms with van der Waals surface area (Å²) in [6.45, 7) is 1.43. The van der Waals surface area contributed by atoms with Gasteiger partial charge < -0.3 is 9.64 Å². The lowest BCUT2D eigenvalue weighted by Crippen LogP contribution is -2.45. The molecule has 1 aromatic carbocycles. The molecule has 0 aromatic heterocycles. The second-order valence-electron chi connectivity index (χ2n) is 4.79. The van der Waals surface area contributed by atoms with E-state index in [2.05, 4.69) is 31.9 Å². The van der Waals surface area contributed by atoms with Crippen molar-refractivity contribution in [3.8, 4) is 0 Å². The monoisotopic (exact) mass is 373 g/mol. The summed E-state index contributed by atoms with van der Waals surface area (Å²) in [6, 6.07) is 5.68. The van der Waals surface area contributed by atoms with Gasteiger partial charge in [0.2, 0.25) is 0 Å². The predicted octanol–water partition coefficient (Wildman–Crippen LogP) is 3.22. The van der Waals surface area contributed by atoms with E-state index in [4.69, 9.17) is 4.74 Å². The summed E-state index contributed by atoms with van der Waals surface area (Å²) in [5.74, 6) is 0.0865. The number of nitrogens with zero attached hydrogens (tertiary/aromatic N) is 1. The number of hydrogen-bond acceptors (Lipinski definition) is 2. The van der Waals surface area contributed by atoms with Crippen LogP contribution < -0.4 is 0 Å². The minimum absolute atomic E-state index is 0.0865. The summed E-state index contributed by atoms with van der Waals surface area (Å²) in [5, 5.41) is 0. The summed E-state index contributed by atoms with van der Waals surface area (Å²) in [7, 11) is 0. The van der Waals surface area contributed by atoms with Crippen molar-refractivity contribution in [3.05, 3.63) is 32.7 Å². The number of carbonyl (C=O) groups is 1. The first-order chi connectivity index (χ1) is 8.63. The Labute approximate surface area is 123 Å². The topological polar surface area (TPSA) is 29.5 Å². The van der Waals surface area contributed by atoms with E-state index in [-0.39, 0.29) is 18.1 Å². The first-order valence-electron chi connectivity index (χ1n) is 6.03. The molecule has 2 aliphatic rings. The third kappa shape index (κ3) is 2.36. The molecule has 3 nitrogen and oxygen atoms in total. The Morgan fingerprint density at radius 2 is 1.89 bits per heavy atom. The average Bonchev–Trinajstić information content (AvgIpc) is 2.70. The number of hydrogen-bond donors (Lipinski definition) is 0. The number of likely N-dealkylation sites (tertiary alicyclic amines) is 1. The van der Waals surface area contributed by atoms with E-state index < -0.39 is 0 Å². The van der Waals surface area contributed by atoms with Gasteiger partial charge in [-0.3, -0.25) is 4.79 Å². The molecule has 2 aliphatic heterocycles. The highest BCUT2D eigenvalue weighted by molar-refractivity contribution is 9.11. The van der Waals surface area contributed by atoms with Gasteiger partial charge in [0.1, 0.15) is 0 Å². The first kappa shape index (κ1) is 12.6. The molecule has 2 atom stereocenters. The number of benzene rings is 1. The average molecular weight is 375 g/mol. The Kier molecular flexibility index (Phi) is 3.47. The minimum atomic E-state index is 0.0865. The smallest absolute Gasteiger partial charge is 0.255 e. The van der Waals surface area contributed by atoms with Crippen molar-refractivity contribution in [2.24, 2.45) is 0 Å². The zero-order valence-corrected chi connectivity index (χ0v) is 12.9. The molecule has 3 rings (SSSR count). The zero-order chi connectivity index (χ0) is 12.7. The normalized spacial score (nSPS) is 26.4. The molecule has 0 saturated carbocycles. The van der Waals surface area contributed by atoms with Crippen molar-refractivity contribution in [1.82, 2.24) is 4.90 Å². The number of carbonyl (C=O) groups excluding carboxylic acids is 1. The van der Waals surface area contributed by atoms with Gasteiger partial charge in [-0.05, 0) is 47.0 Å². The Hall–Kier alpha value is -0.390. The maximum Gasteiger partial charge on any atom is 0.255 e. The van der Waals surface area contributed by atoms with Crippen LogP contribution in [0.2, 0.25) is 0 Å². The summed E-state index contributed by atoms with van der Waals surface area (Å²) in [5.41, 5.74) is 0.714. The maximum atomic E-state index is 12.5. The van der Waals surface area contributed by atoms with Crippen LogP contribution >= 0.6 is 31.9 Å². The first-order valence-corrected chi connectivity index (χ1v) is 7.62. The number of rotatable bonds is 1. The van der Waals surface area contributed by atoms with Crippen LogP contribution in [0.1, 0.15) is 23.2 Å². The van der Waals surface area contributed by atoms with Gasteiger partial charge >= 0.3 is 0 Å². The second-order valence-corrected chi connectivity index (χ2v) is 6.56. The van der Waals surface area contributed by atoms with E-state index in [0.29, 0.717) is 18.7 Å². The van der Waals surface area contributed by atoms with Crippen LogP contribution in [0.3, 0.4) is 0 Å². The predicted molar refractivity (Wildman–Crippen MR) is 75.6 cm³/mol. The van der Waals surface area contributed by atoms with Gasteiger partial charge in [-0.15, -0.1) is 0 Å². The van der Waals surface area contributed by atoms with Crippen LogP contribution in [0, 0.1) is 0 Å².